The molecule has 0 amide bonds. The van der Waals surface area contributed by atoms with Gasteiger partial charge in [0.2, 0.25) is 0 Å². The van der Waals surface area contributed by atoms with Gasteiger partial charge in [0, 0.05) is 11.9 Å². The van der Waals surface area contributed by atoms with Crippen molar-refractivity contribution in [3.8, 4) is 0 Å². The first-order chi connectivity index (χ1) is 13.2. The topological polar surface area (TPSA) is 33.7 Å². The van der Waals surface area contributed by atoms with E-state index in [1.165, 1.54) is 54.7 Å². The van der Waals surface area contributed by atoms with Gasteiger partial charge in [0.15, 0.2) is 0 Å². The van der Waals surface area contributed by atoms with E-state index in [0.717, 1.165) is 36.1 Å². The largest absolute Gasteiger partial charge is 0.432 e. The van der Waals surface area contributed by atoms with Gasteiger partial charge in [-0.05, 0) is 74.3 Å². The van der Waals surface area contributed by atoms with Crippen molar-refractivity contribution in [1.29, 1.82) is 0 Å². The molecule has 1 aromatic carbocycles. The van der Waals surface area contributed by atoms with E-state index in [4.69, 9.17) is 9.40 Å². The maximum Gasteiger partial charge on any atom is 0.306 e. The molecule has 0 unspecified atom stereocenters. The second-order valence-electron chi connectivity index (χ2n) is 9.47. The van der Waals surface area contributed by atoms with Gasteiger partial charge in [-0.15, -0.1) is 0 Å². The van der Waals surface area contributed by atoms with E-state index in [9.17, 15) is 0 Å². The van der Waals surface area contributed by atoms with Gasteiger partial charge in [0.1, 0.15) is 6.26 Å². The van der Waals surface area contributed by atoms with Crippen molar-refractivity contribution in [2.45, 2.75) is 51.1 Å². The standard InChI is InChI=1S/C23H25N3O/c1-14-4-2-3-5-19(14)26-13-20-21(24-22-25(20)6-7-27-22)23(26)17-9-15-8-16(11-17)12-18(23)10-15/h2-7,15-18H,8-13H2,1H3. The zero-order valence-corrected chi connectivity index (χ0v) is 15.8. The van der Waals surface area contributed by atoms with Crippen LogP contribution in [-0.4, -0.2) is 9.38 Å². The van der Waals surface area contributed by atoms with Crippen molar-refractivity contribution in [3.63, 3.8) is 0 Å². The first kappa shape index (κ1) is 14.8. The summed E-state index contributed by atoms with van der Waals surface area (Å²) in [4.78, 5) is 7.87. The second kappa shape index (κ2) is 4.78. The highest BCUT2D eigenvalue weighted by Gasteiger charge is 2.65. The third-order valence-corrected chi connectivity index (χ3v) is 8.28. The van der Waals surface area contributed by atoms with Gasteiger partial charge in [0.25, 0.3) is 0 Å². The minimum atomic E-state index is 0.0728. The van der Waals surface area contributed by atoms with E-state index in [1.54, 1.807) is 6.26 Å². The van der Waals surface area contributed by atoms with Gasteiger partial charge in [-0.1, -0.05) is 18.2 Å². The molecule has 138 valence electrons. The third-order valence-electron chi connectivity index (χ3n) is 8.28. The predicted octanol–water partition coefficient (Wildman–Crippen LogP) is 4.91. The first-order valence-corrected chi connectivity index (χ1v) is 10.5. The molecule has 0 radical (unpaired) electrons. The summed E-state index contributed by atoms with van der Waals surface area (Å²) in [5.74, 6) is 4.14. The second-order valence-corrected chi connectivity index (χ2v) is 9.47. The highest BCUT2D eigenvalue weighted by molar-refractivity contribution is 5.62. The quantitative estimate of drug-likeness (QED) is 0.619. The van der Waals surface area contributed by atoms with Crippen molar-refractivity contribution < 1.29 is 4.42 Å². The average molecular weight is 359 g/mol. The van der Waals surface area contributed by atoms with Crippen LogP contribution in [0.2, 0.25) is 0 Å². The van der Waals surface area contributed by atoms with Crippen molar-refractivity contribution in [3.05, 3.63) is 53.7 Å². The van der Waals surface area contributed by atoms with E-state index >= 15 is 0 Å². The Balaban J connectivity index is 1.51. The number of para-hydroxylation sites is 1. The summed E-state index contributed by atoms with van der Waals surface area (Å²) in [6.07, 6.45) is 10.8. The summed E-state index contributed by atoms with van der Waals surface area (Å²) in [6, 6.07) is 8.94. The monoisotopic (exact) mass is 359 g/mol. The van der Waals surface area contributed by atoms with Crippen molar-refractivity contribution in [1.82, 2.24) is 9.38 Å². The number of hydrogen-bond acceptors (Lipinski definition) is 3. The first-order valence-electron chi connectivity index (χ1n) is 10.5. The van der Waals surface area contributed by atoms with Crippen LogP contribution in [0.3, 0.4) is 0 Å². The number of aryl methyl sites for hydroxylation is 1. The van der Waals surface area contributed by atoms with Gasteiger partial charge < -0.3 is 9.32 Å². The number of imidazole rings is 1. The number of rotatable bonds is 1. The Labute approximate surface area is 159 Å². The Bertz CT molecular complexity index is 1030. The normalized spacial score (nSPS) is 36.3. The minimum Gasteiger partial charge on any atom is -0.432 e. The number of aromatic nitrogens is 2. The molecule has 8 rings (SSSR count). The molecular weight excluding hydrogens is 334 g/mol. The molecule has 3 heterocycles. The van der Waals surface area contributed by atoms with Gasteiger partial charge in [-0.25, -0.2) is 0 Å². The molecule has 4 nitrogen and oxygen atoms in total. The van der Waals surface area contributed by atoms with Gasteiger partial charge in [-0.3, -0.25) is 4.40 Å². The van der Waals surface area contributed by atoms with Crippen LogP contribution in [0.25, 0.3) is 5.84 Å². The number of nitrogens with zero attached hydrogens (tertiary/aromatic N) is 3. The number of hydrogen-bond donors (Lipinski definition) is 0. The summed E-state index contributed by atoms with van der Waals surface area (Å²) >= 11 is 0. The molecule has 4 bridgehead atoms. The fourth-order valence-corrected chi connectivity index (χ4v) is 7.59. The van der Waals surface area contributed by atoms with Crippen LogP contribution in [-0.2, 0) is 12.1 Å². The lowest BCUT2D eigenvalue weighted by atomic mass is 9.47. The van der Waals surface area contributed by atoms with Crippen LogP contribution in [0.5, 0.6) is 0 Å². The SMILES string of the molecule is Cc1ccccc1N1Cc2c(nc3occn23)C12C1CC3CC(C1)CC2C3. The summed E-state index contributed by atoms with van der Waals surface area (Å²) < 4.78 is 7.89. The predicted molar refractivity (Wildman–Crippen MR) is 104 cm³/mol. The van der Waals surface area contributed by atoms with E-state index < -0.39 is 0 Å². The number of anilines is 1. The number of benzene rings is 1. The van der Waals surface area contributed by atoms with Crippen molar-refractivity contribution in [2.75, 3.05) is 4.90 Å². The molecule has 1 spiro atoms. The molecule has 4 fully saturated rings. The highest BCUT2D eigenvalue weighted by atomic mass is 16.3. The smallest absolute Gasteiger partial charge is 0.306 e. The molecule has 3 aromatic rings. The zero-order chi connectivity index (χ0) is 17.8. The van der Waals surface area contributed by atoms with Gasteiger partial charge >= 0.3 is 5.84 Å². The molecule has 0 atom stereocenters. The summed E-state index contributed by atoms with van der Waals surface area (Å²) in [6.45, 7) is 3.21. The van der Waals surface area contributed by atoms with Crippen LogP contribution < -0.4 is 4.90 Å². The van der Waals surface area contributed by atoms with Gasteiger partial charge in [-0.2, -0.15) is 4.98 Å². The summed E-state index contributed by atoms with van der Waals surface area (Å²) in [5.41, 5.74) is 5.54. The summed E-state index contributed by atoms with van der Waals surface area (Å²) in [5, 5.41) is 0. The molecule has 4 saturated carbocycles. The molecular formula is C23H25N3O. The molecule has 0 N–H and O–H groups in total. The molecule has 4 heteroatoms. The van der Waals surface area contributed by atoms with E-state index in [-0.39, 0.29) is 5.54 Å². The Hall–Kier alpha value is -2.23. The van der Waals surface area contributed by atoms with Crippen LogP contribution in [0.15, 0.2) is 41.1 Å². The van der Waals surface area contributed by atoms with Crippen molar-refractivity contribution in [2.24, 2.45) is 23.7 Å². The average Bonchev–Trinajstić information content (AvgIpc) is 3.31. The molecule has 4 aliphatic carbocycles. The zero-order valence-electron chi connectivity index (χ0n) is 15.8. The lowest BCUT2D eigenvalue weighted by Gasteiger charge is -2.62. The maximum atomic E-state index is 5.70. The lowest BCUT2D eigenvalue weighted by molar-refractivity contribution is -0.0603. The number of oxazole rings is 1. The minimum absolute atomic E-state index is 0.0728. The highest BCUT2D eigenvalue weighted by Crippen LogP contribution is 2.66. The van der Waals surface area contributed by atoms with Crippen molar-refractivity contribution >= 4 is 11.5 Å². The fraction of sp³-hybridized carbons (Fsp3) is 0.522. The molecule has 1 aliphatic heterocycles. The van der Waals surface area contributed by atoms with E-state index in [0.29, 0.717) is 0 Å². The molecule has 2 aromatic heterocycles. The number of fused-ring (bicyclic) bond motifs is 3. The van der Waals surface area contributed by atoms with Gasteiger partial charge in [0.05, 0.1) is 23.5 Å². The molecule has 5 aliphatic rings. The fourth-order valence-electron chi connectivity index (χ4n) is 7.59. The van der Waals surface area contributed by atoms with E-state index in [1.807, 2.05) is 6.20 Å². The van der Waals surface area contributed by atoms with Crippen LogP contribution in [0.4, 0.5) is 5.69 Å². The summed E-state index contributed by atoms with van der Waals surface area (Å²) in [7, 11) is 0. The van der Waals surface area contributed by atoms with E-state index in [2.05, 4.69) is 40.5 Å². The lowest BCUT2D eigenvalue weighted by Crippen LogP contribution is -2.62. The van der Waals surface area contributed by atoms with Crippen LogP contribution in [0, 0.1) is 30.6 Å². The van der Waals surface area contributed by atoms with Crippen LogP contribution >= 0.6 is 0 Å². The van der Waals surface area contributed by atoms with Crippen LogP contribution in [0.1, 0.15) is 49.1 Å². The molecule has 0 saturated heterocycles. The Morgan fingerprint density at radius 2 is 1.78 bits per heavy atom. The Morgan fingerprint density at radius 1 is 1.04 bits per heavy atom. The maximum absolute atomic E-state index is 5.70. The molecule has 27 heavy (non-hydrogen) atoms. The Kier molecular flexibility index (Phi) is 2.62. The third kappa shape index (κ3) is 1.64. The Morgan fingerprint density at radius 3 is 2.52 bits per heavy atom.